The van der Waals surface area contributed by atoms with Gasteiger partial charge in [-0.1, -0.05) is 12.1 Å². The molecule has 1 unspecified atom stereocenters. The standard InChI is InChI=1S/C15H25N3O4S/c1-11(16-17-14(19)22-15(2,3)4)12-7-9-13(10-8-12)23(20,21)18(5)6/h7-11,16H,1-6H3,(H,17,19). The Morgan fingerprint density at radius 2 is 1.70 bits per heavy atom. The van der Waals surface area contributed by atoms with Crippen molar-refractivity contribution in [1.29, 1.82) is 0 Å². The maximum absolute atomic E-state index is 12.0. The van der Waals surface area contributed by atoms with Crippen molar-refractivity contribution in [2.75, 3.05) is 14.1 Å². The average Bonchev–Trinajstić information content (AvgIpc) is 2.43. The smallest absolute Gasteiger partial charge is 0.422 e. The first kappa shape index (κ1) is 19.4. The number of hydrogen-bond acceptors (Lipinski definition) is 5. The summed E-state index contributed by atoms with van der Waals surface area (Å²) < 4.78 is 30.3. The second-order valence-corrected chi connectivity index (χ2v) is 8.50. The molecule has 0 saturated heterocycles. The molecule has 130 valence electrons. The zero-order chi connectivity index (χ0) is 17.8. The van der Waals surface area contributed by atoms with Gasteiger partial charge in [0.05, 0.1) is 4.90 Å². The van der Waals surface area contributed by atoms with E-state index in [1.54, 1.807) is 32.9 Å². The highest BCUT2D eigenvalue weighted by molar-refractivity contribution is 7.89. The van der Waals surface area contributed by atoms with Gasteiger partial charge in [-0.25, -0.2) is 22.9 Å². The number of carbonyl (C=O) groups is 1. The molecule has 0 spiro atoms. The predicted molar refractivity (Wildman–Crippen MR) is 88.2 cm³/mol. The third-order valence-electron chi connectivity index (χ3n) is 2.95. The highest BCUT2D eigenvalue weighted by Gasteiger charge is 2.18. The molecule has 1 aromatic rings. The molecule has 0 bridgehead atoms. The lowest BCUT2D eigenvalue weighted by Crippen LogP contribution is -2.42. The number of hydrogen-bond donors (Lipinski definition) is 2. The molecule has 0 fully saturated rings. The number of rotatable bonds is 5. The number of sulfonamides is 1. The van der Waals surface area contributed by atoms with Crippen LogP contribution in [0.4, 0.5) is 4.79 Å². The first-order chi connectivity index (χ1) is 10.4. The van der Waals surface area contributed by atoms with Crippen molar-refractivity contribution in [3.05, 3.63) is 29.8 Å². The Hall–Kier alpha value is -1.64. The van der Waals surface area contributed by atoms with Gasteiger partial charge in [0, 0.05) is 20.1 Å². The van der Waals surface area contributed by atoms with E-state index in [9.17, 15) is 13.2 Å². The zero-order valence-electron chi connectivity index (χ0n) is 14.4. The minimum atomic E-state index is -3.44. The van der Waals surface area contributed by atoms with Crippen molar-refractivity contribution < 1.29 is 17.9 Å². The fraction of sp³-hybridized carbons (Fsp3) is 0.533. The minimum Gasteiger partial charge on any atom is -0.443 e. The molecular formula is C15H25N3O4S. The number of nitrogens with one attached hydrogen (secondary N) is 2. The van der Waals surface area contributed by atoms with E-state index in [1.807, 2.05) is 6.92 Å². The van der Waals surface area contributed by atoms with Crippen LogP contribution in [0.1, 0.15) is 39.3 Å². The van der Waals surface area contributed by atoms with Gasteiger partial charge in [-0.2, -0.15) is 0 Å². The van der Waals surface area contributed by atoms with Gasteiger partial charge in [0.2, 0.25) is 10.0 Å². The van der Waals surface area contributed by atoms with Crippen LogP contribution in [0.25, 0.3) is 0 Å². The van der Waals surface area contributed by atoms with Crippen LogP contribution in [0.15, 0.2) is 29.2 Å². The Bertz CT molecular complexity index is 634. The number of nitrogens with zero attached hydrogens (tertiary/aromatic N) is 1. The van der Waals surface area contributed by atoms with Gasteiger partial charge in [0.25, 0.3) is 0 Å². The molecule has 0 aliphatic rings. The van der Waals surface area contributed by atoms with E-state index in [2.05, 4.69) is 10.9 Å². The molecule has 7 nitrogen and oxygen atoms in total. The van der Waals surface area contributed by atoms with Crippen molar-refractivity contribution in [3.63, 3.8) is 0 Å². The Balaban J connectivity index is 2.68. The van der Waals surface area contributed by atoms with E-state index in [0.29, 0.717) is 0 Å². The van der Waals surface area contributed by atoms with Gasteiger partial charge in [-0.3, -0.25) is 5.43 Å². The van der Waals surface area contributed by atoms with E-state index >= 15 is 0 Å². The lowest BCUT2D eigenvalue weighted by molar-refractivity contribution is 0.0489. The molecular weight excluding hydrogens is 318 g/mol. The second-order valence-electron chi connectivity index (χ2n) is 6.35. The van der Waals surface area contributed by atoms with Crippen molar-refractivity contribution in [3.8, 4) is 0 Å². The summed E-state index contributed by atoms with van der Waals surface area (Å²) in [5, 5.41) is 0. The molecule has 1 amide bonds. The molecule has 1 aromatic carbocycles. The summed E-state index contributed by atoms with van der Waals surface area (Å²) in [6, 6.07) is 6.26. The number of hydrazine groups is 1. The normalized spacial score (nSPS) is 13.7. The lowest BCUT2D eigenvalue weighted by Gasteiger charge is -2.21. The summed E-state index contributed by atoms with van der Waals surface area (Å²) in [5.74, 6) is 0. The summed E-state index contributed by atoms with van der Waals surface area (Å²) >= 11 is 0. The SMILES string of the molecule is CC(NNC(=O)OC(C)(C)C)c1ccc(S(=O)(=O)N(C)C)cc1. The summed E-state index contributed by atoms with van der Waals surface area (Å²) in [7, 11) is -0.474. The van der Waals surface area contributed by atoms with Crippen LogP contribution in [0.3, 0.4) is 0 Å². The molecule has 0 radical (unpaired) electrons. The summed E-state index contributed by atoms with van der Waals surface area (Å²) in [4.78, 5) is 11.8. The van der Waals surface area contributed by atoms with Gasteiger partial charge in [0.1, 0.15) is 5.60 Å². The third-order valence-corrected chi connectivity index (χ3v) is 4.78. The monoisotopic (exact) mass is 343 g/mol. The third kappa shape index (κ3) is 5.81. The minimum absolute atomic E-state index is 0.210. The van der Waals surface area contributed by atoms with Gasteiger partial charge >= 0.3 is 6.09 Å². The fourth-order valence-electron chi connectivity index (χ4n) is 1.69. The molecule has 0 aliphatic heterocycles. The van der Waals surface area contributed by atoms with Gasteiger partial charge in [-0.15, -0.1) is 0 Å². The number of amides is 1. The molecule has 0 heterocycles. The fourth-order valence-corrected chi connectivity index (χ4v) is 2.60. The zero-order valence-corrected chi connectivity index (χ0v) is 15.2. The van der Waals surface area contributed by atoms with Crippen LogP contribution in [0.5, 0.6) is 0 Å². The van der Waals surface area contributed by atoms with Gasteiger partial charge in [-0.05, 0) is 45.4 Å². The predicted octanol–water partition coefficient (Wildman–Crippen LogP) is 2.03. The van der Waals surface area contributed by atoms with Crippen LogP contribution in [-0.4, -0.2) is 38.5 Å². The van der Waals surface area contributed by atoms with E-state index < -0.39 is 21.7 Å². The number of carbonyl (C=O) groups excluding carboxylic acids is 1. The first-order valence-corrected chi connectivity index (χ1v) is 8.64. The van der Waals surface area contributed by atoms with Crippen LogP contribution in [0, 0.1) is 0 Å². The lowest BCUT2D eigenvalue weighted by atomic mass is 10.1. The molecule has 0 aromatic heterocycles. The second kappa shape index (κ2) is 7.29. The van der Waals surface area contributed by atoms with Crippen molar-refractivity contribution in [2.45, 2.75) is 44.2 Å². The molecule has 2 N–H and O–H groups in total. The topological polar surface area (TPSA) is 87.7 Å². The van der Waals surface area contributed by atoms with Crippen LogP contribution >= 0.6 is 0 Å². The molecule has 0 aliphatic carbocycles. The number of ether oxygens (including phenoxy) is 1. The highest BCUT2D eigenvalue weighted by Crippen LogP contribution is 2.17. The van der Waals surface area contributed by atoms with E-state index in [1.165, 1.54) is 26.2 Å². The molecule has 23 heavy (non-hydrogen) atoms. The Morgan fingerprint density at radius 1 is 1.17 bits per heavy atom. The van der Waals surface area contributed by atoms with Gasteiger partial charge in [0.15, 0.2) is 0 Å². The average molecular weight is 343 g/mol. The Kier molecular flexibility index (Phi) is 6.15. The quantitative estimate of drug-likeness (QED) is 0.799. The van der Waals surface area contributed by atoms with Crippen molar-refractivity contribution >= 4 is 16.1 Å². The first-order valence-electron chi connectivity index (χ1n) is 7.20. The molecule has 8 heteroatoms. The van der Waals surface area contributed by atoms with Crippen molar-refractivity contribution in [2.24, 2.45) is 0 Å². The van der Waals surface area contributed by atoms with Crippen LogP contribution in [-0.2, 0) is 14.8 Å². The summed E-state index contributed by atoms with van der Waals surface area (Å²) in [6.45, 7) is 7.17. The summed E-state index contributed by atoms with van der Waals surface area (Å²) in [6.07, 6.45) is -0.573. The van der Waals surface area contributed by atoms with Crippen LogP contribution < -0.4 is 10.9 Å². The summed E-state index contributed by atoms with van der Waals surface area (Å²) in [5.41, 5.74) is 5.54. The highest BCUT2D eigenvalue weighted by atomic mass is 32.2. The van der Waals surface area contributed by atoms with Crippen molar-refractivity contribution in [1.82, 2.24) is 15.2 Å². The van der Waals surface area contributed by atoms with E-state index in [-0.39, 0.29) is 10.9 Å². The Morgan fingerprint density at radius 3 is 2.13 bits per heavy atom. The maximum Gasteiger partial charge on any atom is 0.422 e. The molecule has 1 atom stereocenters. The van der Waals surface area contributed by atoms with E-state index in [4.69, 9.17) is 4.74 Å². The van der Waals surface area contributed by atoms with E-state index in [0.717, 1.165) is 9.87 Å². The Labute approximate surface area is 138 Å². The van der Waals surface area contributed by atoms with Crippen LogP contribution in [0.2, 0.25) is 0 Å². The van der Waals surface area contributed by atoms with Gasteiger partial charge < -0.3 is 4.74 Å². The number of benzene rings is 1. The molecule has 0 saturated carbocycles. The maximum atomic E-state index is 12.0. The largest absolute Gasteiger partial charge is 0.443 e. The molecule has 1 rings (SSSR count).